The number of hydrogen-bond acceptors (Lipinski definition) is 6. The quantitative estimate of drug-likeness (QED) is 0.302. The van der Waals surface area contributed by atoms with Crippen LogP contribution in [-0.4, -0.2) is 60.2 Å². The Morgan fingerprint density at radius 3 is 2.49 bits per heavy atom. The molecule has 0 radical (unpaired) electrons. The van der Waals surface area contributed by atoms with Gasteiger partial charge in [0.2, 0.25) is 0 Å². The fourth-order valence-corrected chi connectivity index (χ4v) is 4.15. The lowest BCUT2D eigenvalue weighted by atomic mass is 10.1. The number of aromatic amines is 1. The number of fused-ring (bicyclic) bond motifs is 1. The summed E-state index contributed by atoms with van der Waals surface area (Å²) >= 11 is 0. The molecule has 37 heavy (non-hydrogen) atoms. The maximum absolute atomic E-state index is 13.6. The molecule has 1 fully saturated rings. The van der Waals surface area contributed by atoms with Crippen LogP contribution in [0.25, 0.3) is 22.7 Å². The highest BCUT2D eigenvalue weighted by molar-refractivity contribution is 6.23. The van der Waals surface area contributed by atoms with E-state index in [-0.39, 0.29) is 11.9 Å². The summed E-state index contributed by atoms with van der Waals surface area (Å²) in [6.45, 7) is 2.36. The molecule has 8 heteroatoms. The molecule has 2 heterocycles. The maximum Gasteiger partial charge on any atom is 0.337 e. The number of carbonyl (C=O) groups excluding carboxylic acids is 2. The van der Waals surface area contributed by atoms with Gasteiger partial charge in [-0.15, -0.1) is 0 Å². The molecule has 1 amide bonds. The van der Waals surface area contributed by atoms with Crippen LogP contribution >= 0.6 is 0 Å². The maximum atomic E-state index is 13.6. The van der Waals surface area contributed by atoms with Gasteiger partial charge in [0.15, 0.2) is 0 Å². The van der Waals surface area contributed by atoms with E-state index >= 15 is 0 Å². The summed E-state index contributed by atoms with van der Waals surface area (Å²) < 4.78 is 16.3. The Labute approximate surface area is 214 Å². The number of nitrogens with one attached hydrogen (secondary N) is 1. The molecular formula is C29H27N3O5. The summed E-state index contributed by atoms with van der Waals surface area (Å²) in [6.07, 6.45) is 1.82. The average molecular weight is 498 g/mol. The molecule has 0 saturated carbocycles. The van der Waals surface area contributed by atoms with Gasteiger partial charge < -0.3 is 24.1 Å². The van der Waals surface area contributed by atoms with Crippen LogP contribution in [-0.2, 0) is 20.9 Å². The van der Waals surface area contributed by atoms with Gasteiger partial charge in [0, 0.05) is 18.7 Å². The van der Waals surface area contributed by atoms with Crippen molar-refractivity contribution in [3.63, 3.8) is 0 Å². The lowest BCUT2D eigenvalue weighted by Gasteiger charge is -2.27. The Morgan fingerprint density at radius 2 is 1.73 bits per heavy atom. The standard InChI is InChI=1S/C29H27N3O5/c1-35-29(34)21-12-10-20(11-13-21)19-37-26-9-5-2-6-22(26)18-23(28(33)32-14-16-36-17-15-32)27-30-24-7-3-4-8-25(24)31-27/h2-13,18H,14-17,19H2,1H3,(H,30,31)/b23-18+. The largest absolute Gasteiger partial charge is 0.488 e. The monoisotopic (exact) mass is 497 g/mol. The molecule has 8 nitrogen and oxygen atoms in total. The van der Waals surface area contributed by atoms with E-state index in [1.807, 2.05) is 66.7 Å². The number of hydrogen-bond donors (Lipinski definition) is 1. The molecule has 1 saturated heterocycles. The van der Waals surface area contributed by atoms with Crippen LogP contribution in [0.2, 0.25) is 0 Å². The van der Waals surface area contributed by atoms with E-state index in [0.717, 1.165) is 22.2 Å². The van der Waals surface area contributed by atoms with Crippen LogP contribution in [0.5, 0.6) is 5.75 Å². The first kappa shape index (κ1) is 24.3. The van der Waals surface area contributed by atoms with Gasteiger partial charge in [-0.05, 0) is 42.0 Å². The third-order valence-corrected chi connectivity index (χ3v) is 6.16. The van der Waals surface area contributed by atoms with Crippen molar-refractivity contribution in [3.8, 4) is 5.75 Å². The number of aromatic nitrogens is 2. The molecule has 0 unspecified atom stereocenters. The van der Waals surface area contributed by atoms with Crippen molar-refractivity contribution in [1.82, 2.24) is 14.9 Å². The van der Waals surface area contributed by atoms with Crippen molar-refractivity contribution >= 4 is 34.6 Å². The zero-order valence-electron chi connectivity index (χ0n) is 20.5. The van der Waals surface area contributed by atoms with Crippen molar-refractivity contribution in [2.75, 3.05) is 33.4 Å². The Morgan fingerprint density at radius 1 is 1.00 bits per heavy atom. The second-order valence-corrected chi connectivity index (χ2v) is 8.58. The summed E-state index contributed by atoms with van der Waals surface area (Å²) in [7, 11) is 1.35. The predicted molar refractivity (Wildman–Crippen MR) is 140 cm³/mol. The molecule has 4 aromatic rings. The van der Waals surface area contributed by atoms with E-state index in [2.05, 4.69) is 4.98 Å². The lowest BCUT2D eigenvalue weighted by molar-refractivity contribution is -0.128. The van der Waals surface area contributed by atoms with E-state index < -0.39 is 0 Å². The van der Waals surface area contributed by atoms with Gasteiger partial charge in [-0.25, -0.2) is 9.78 Å². The fourth-order valence-electron chi connectivity index (χ4n) is 4.15. The van der Waals surface area contributed by atoms with E-state index in [1.54, 1.807) is 17.0 Å². The predicted octanol–water partition coefficient (Wildman–Crippen LogP) is 4.33. The average Bonchev–Trinajstić information content (AvgIpc) is 3.39. The van der Waals surface area contributed by atoms with E-state index in [0.29, 0.717) is 55.6 Å². The number of morpholine rings is 1. The minimum Gasteiger partial charge on any atom is -0.488 e. The first-order valence-electron chi connectivity index (χ1n) is 12.1. The Hall–Kier alpha value is -4.43. The molecule has 1 aliphatic heterocycles. The first-order chi connectivity index (χ1) is 18.1. The molecule has 0 spiro atoms. The number of benzene rings is 3. The summed E-state index contributed by atoms with van der Waals surface area (Å²) in [6, 6.07) is 22.3. The third-order valence-electron chi connectivity index (χ3n) is 6.16. The summed E-state index contributed by atoms with van der Waals surface area (Å²) in [4.78, 5) is 35.1. The normalized spacial score (nSPS) is 14.0. The molecule has 1 aliphatic rings. The van der Waals surface area contributed by atoms with E-state index in [4.69, 9.17) is 19.2 Å². The van der Waals surface area contributed by atoms with Crippen LogP contribution in [0, 0.1) is 0 Å². The highest BCUT2D eigenvalue weighted by atomic mass is 16.5. The van der Waals surface area contributed by atoms with Gasteiger partial charge >= 0.3 is 5.97 Å². The first-order valence-corrected chi connectivity index (χ1v) is 12.1. The number of amides is 1. The van der Waals surface area contributed by atoms with Crippen molar-refractivity contribution in [3.05, 3.63) is 95.3 Å². The van der Waals surface area contributed by atoms with Gasteiger partial charge in [-0.1, -0.05) is 42.5 Å². The number of ether oxygens (including phenoxy) is 3. The Balaban J connectivity index is 1.45. The van der Waals surface area contributed by atoms with Gasteiger partial charge in [0.05, 0.1) is 42.5 Å². The molecule has 0 bridgehead atoms. The van der Waals surface area contributed by atoms with Crippen LogP contribution < -0.4 is 4.74 Å². The smallest absolute Gasteiger partial charge is 0.337 e. The number of imidazole rings is 1. The van der Waals surface area contributed by atoms with E-state index in [1.165, 1.54) is 7.11 Å². The van der Waals surface area contributed by atoms with Gasteiger partial charge in [0.1, 0.15) is 18.2 Å². The molecule has 0 atom stereocenters. The SMILES string of the molecule is COC(=O)c1ccc(COc2ccccc2/C=C(/C(=O)N2CCOCC2)c2nc3ccccc3[nH]2)cc1. The summed E-state index contributed by atoms with van der Waals surface area (Å²) in [5, 5.41) is 0. The lowest BCUT2D eigenvalue weighted by Crippen LogP contribution is -2.41. The second-order valence-electron chi connectivity index (χ2n) is 8.58. The van der Waals surface area contributed by atoms with Gasteiger partial charge in [-0.3, -0.25) is 4.79 Å². The molecule has 5 rings (SSSR count). The van der Waals surface area contributed by atoms with E-state index in [9.17, 15) is 9.59 Å². The van der Waals surface area contributed by atoms with Gasteiger partial charge in [-0.2, -0.15) is 0 Å². The number of esters is 1. The molecular weight excluding hydrogens is 470 g/mol. The molecule has 0 aliphatic carbocycles. The minimum absolute atomic E-state index is 0.115. The number of methoxy groups -OCH3 is 1. The zero-order valence-corrected chi connectivity index (χ0v) is 20.5. The van der Waals surface area contributed by atoms with Crippen LogP contribution in [0.1, 0.15) is 27.3 Å². The Kier molecular flexibility index (Phi) is 7.28. The summed E-state index contributed by atoms with van der Waals surface area (Å²) in [5.74, 6) is 0.635. The number of para-hydroxylation sites is 3. The second kappa shape index (κ2) is 11.1. The molecule has 3 aromatic carbocycles. The van der Waals surface area contributed by atoms with Crippen molar-refractivity contribution in [2.24, 2.45) is 0 Å². The van der Waals surface area contributed by atoms with Crippen molar-refractivity contribution in [1.29, 1.82) is 0 Å². The van der Waals surface area contributed by atoms with Crippen LogP contribution in [0.3, 0.4) is 0 Å². The molecule has 188 valence electrons. The minimum atomic E-state index is -0.383. The fraction of sp³-hybridized carbons (Fsp3) is 0.207. The Bertz CT molecular complexity index is 1400. The molecule has 1 N–H and O–H groups in total. The topological polar surface area (TPSA) is 93.8 Å². The van der Waals surface area contributed by atoms with Crippen molar-refractivity contribution in [2.45, 2.75) is 6.61 Å². The highest BCUT2D eigenvalue weighted by Gasteiger charge is 2.24. The van der Waals surface area contributed by atoms with Crippen LogP contribution in [0.4, 0.5) is 0 Å². The third kappa shape index (κ3) is 5.54. The summed E-state index contributed by atoms with van der Waals surface area (Å²) in [5.41, 5.74) is 4.23. The number of H-pyrrole nitrogens is 1. The van der Waals surface area contributed by atoms with Crippen LogP contribution in [0.15, 0.2) is 72.8 Å². The van der Waals surface area contributed by atoms with Crippen molar-refractivity contribution < 1.29 is 23.8 Å². The molecule has 1 aromatic heterocycles. The highest BCUT2D eigenvalue weighted by Crippen LogP contribution is 2.27. The number of nitrogens with zero attached hydrogens (tertiary/aromatic N) is 2. The number of carbonyl (C=O) groups is 2. The number of rotatable bonds is 7. The van der Waals surface area contributed by atoms with Gasteiger partial charge in [0.25, 0.3) is 5.91 Å². The zero-order chi connectivity index (χ0) is 25.6.